The molecule has 0 aliphatic carbocycles. The highest BCUT2D eigenvalue weighted by Gasteiger charge is 2.26. The van der Waals surface area contributed by atoms with E-state index in [0.29, 0.717) is 19.1 Å². The molecule has 1 N–H and O–H groups in total. The number of nitrogens with one attached hydrogen (secondary N) is 1. The number of amides is 1. The largest absolute Gasteiger partial charge is 0.337 e. The normalized spacial score (nSPS) is 18.9. The van der Waals surface area contributed by atoms with E-state index in [1.54, 1.807) is 17.0 Å². The van der Waals surface area contributed by atoms with Crippen LogP contribution in [0.3, 0.4) is 0 Å². The van der Waals surface area contributed by atoms with Crippen molar-refractivity contribution in [3.63, 3.8) is 0 Å². The summed E-state index contributed by atoms with van der Waals surface area (Å²) in [6, 6.07) is 6.45. The van der Waals surface area contributed by atoms with Gasteiger partial charge in [-0.05, 0) is 25.6 Å². The van der Waals surface area contributed by atoms with Crippen LogP contribution in [0.5, 0.6) is 0 Å². The first-order valence-electron chi connectivity index (χ1n) is 5.43. The summed E-state index contributed by atoms with van der Waals surface area (Å²) < 4.78 is 13.4. The molecule has 5 heteroatoms. The Morgan fingerprint density at radius 1 is 1.47 bits per heavy atom. The average molecular weight is 259 g/mol. The zero-order valence-electron chi connectivity index (χ0n) is 9.65. The van der Waals surface area contributed by atoms with Gasteiger partial charge in [-0.15, -0.1) is 12.4 Å². The maximum absolute atomic E-state index is 13.4. The molecule has 1 heterocycles. The number of rotatable bonds is 2. The van der Waals surface area contributed by atoms with Crippen molar-refractivity contribution < 1.29 is 9.18 Å². The Morgan fingerprint density at radius 3 is 2.76 bits per heavy atom. The minimum atomic E-state index is -0.444. The van der Waals surface area contributed by atoms with Crippen LogP contribution in [0, 0.1) is 5.82 Å². The standard InChI is InChI=1S/C12H15FN2O.ClH/c1-14-9-6-7-15(8-9)12(16)10-4-2-3-5-11(10)13;/h2-5,9,14H,6-8H2,1H3;1H. The molecule has 94 valence electrons. The maximum Gasteiger partial charge on any atom is 0.256 e. The second kappa shape index (κ2) is 5.98. The molecule has 0 saturated carbocycles. The van der Waals surface area contributed by atoms with Crippen molar-refractivity contribution in [3.05, 3.63) is 35.6 Å². The van der Waals surface area contributed by atoms with Gasteiger partial charge in [-0.1, -0.05) is 12.1 Å². The highest BCUT2D eigenvalue weighted by atomic mass is 35.5. The van der Waals surface area contributed by atoms with E-state index in [1.165, 1.54) is 12.1 Å². The fourth-order valence-corrected chi connectivity index (χ4v) is 1.99. The van der Waals surface area contributed by atoms with E-state index >= 15 is 0 Å². The Kier molecular flexibility index (Phi) is 4.90. The van der Waals surface area contributed by atoms with Crippen LogP contribution in [0.25, 0.3) is 0 Å². The lowest BCUT2D eigenvalue weighted by molar-refractivity contribution is 0.0785. The third-order valence-electron chi connectivity index (χ3n) is 2.99. The van der Waals surface area contributed by atoms with Gasteiger partial charge in [-0.25, -0.2) is 4.39 Å². The molecule has 1 amide bonds. The summed E-state index contributed by atoms with van der Waals surface area (Å²) in [6.45, 7) is 1.35. The topological polar surface area (TPSA) is 32.3 Å². The van der Waals surface area contributed by atoms with E-state index in [9.17, 15) is 9.18 Å². The third kappa shape index (κ3) is 2.96. The lowest BCUT2D eigenvalue weighted by atomic mass is 10.2. The Hall–Kier alpha value is -1.13. The van der Waals surface area contributed by atoms with Crippen molar-refractivity contribution in [2.24, 2.45) is 0 Å². The van der Waals surface area contributed by atoms with Gasteiger partial charge in [0.05, 0.1) is 5.56 Å². The van der Waals surface area contributed by atoms with Gasteiger partial charge in [0.15, 0.2) is 0 Å². The first-order chi connectivity index (χ1) is 7.72. The molecular formula is C12H16ClFN2O. The molecule has 0 aromatic heterocycles. The molecule has 1 unspecified atom stereocenters. The monoisotopic (exact) mass is 258 g/mol. The van der Waals surface area contributed by atoms with E-state index in [-0.39, 0.29) is 23.9 Å². The van der Waals surface area contributed by atoms with Crippen LogP contribution in [0.2, 0.25) is 0 Å². The molecule has 1 aliphatic rings. The SMILES string of the molecule is CNC1CCN(C(=O)c2ccccc2F)C1.Cl. The lowest BCUT2D eigenvalue weighted by Crippen LogP contribution is -2.33. The molecule has 1 aromatic rings. The van der Waals surface area contributed by atoms with Crippen LogP contribution in [0.4, 0.5) is 4.39 Å². The number of carbonyl (C=O) groups excluding carboxylic acids is 1. The molecule has 1 saturated heterocycles. The van der Waals surface area contributed by atoms with Gasteiger partial charge in [0.2, 0.25) is 0 Å². The number of halogens is 2. The first kappa shape index (κ1) is 13.9. The Labute approximate surface area is 106 Å². The highest BCUT2D eigenvalue weighted by Crippen LogP contribution is 2.15. The van der Waals surface area contributed by atoms with Gasteiger partial charge in [0.1, 0.15) is 5.82 Å². The number of hydrogen-bond donors (Lipinski definition) is 1. The highest BCUT2D eigenvalue weighted by molar-refractivity contribution is 5.94. The number of nitrogens with zero attached hydrogens (tertiary/aromatic N) is 1. The molecule has 1 fully saturated rings. The Morgan fingerprint density at radius 2 is 2.18 bits per heavy atom. The van der Waals surface area contributed by atoms with E-state index in [1.807, 2.05) is 7.05 Å². The van der Waals surface area contributed by atoms with Crippen LogP contribution in [-0.4, -0.2) is 37.0 Å². The van der Waals surface area contributed by atoms with Crippen LogP contribution in [-0.2, 0) is 0 Å². The van der Waals surface area contributed by atoms with Crippen LogP contribution in [0.15, 0.2) is 24.3 Å². The maximum atomic E-state index is 13.4. The molecule has 1 atom stereocenters. The van der Waals surface area contributed by atoms with Crippen molar-refractivity contribution in [2.45, 2.75) is 12.5 Å². The molecule has 1 aromatic carbocycles. The zero-order valence-corrected chi connectivity index (χ0v) is 10.5. The number of carbonyl (C=O) groups is 1. The minimum absolute atomic E-state index is 0. The van der Waals surface area contributed by atoms with E-state index in [2.05, 4.69) is 5.32 Å². The molecule has 2 rings (SSSR count). The molecule has 0 spiro atoms. The Balaban J connectivity index is 0.00000144. The van der Waals surface area contributed by atoms with Gasteiger partial charge < -0.3 is 10.2 Å². The van der Waals surface area contributed by atoms with E-state index < -0.39 is 5.82 Å². The van der Waals surface area contributed by atoms with E-state index in [4.69, 9.17) is 0 Å². The van der Waals surface area contributed by atoms with Crippen LogP contribution >= 0.6 is 12.4 Å². The van der Waals surface area contributed by atoms with Crippen LogP contribution in [0.1, 0.15) is 16.8 Å². The summed E-state index contributed by atoms with van der Waals surface area (Å²) in [4.78, 5) is 13.7. The van der Waals surface area contributed by atoms with Crippen molar-refractivity contribution in [3.8, 4) is 0 Å². The quantitative estimate of drug-likeness (QED) is 0.876. The van der Waals surface area contributed by atoms with Crippen LogP contribution < -0.4 is 5.32 Å². The van der Waals surface area contributed by atoms with Crippen molar-refractivity contribution in [1.29, 1.82) is 0 Å². The molecule has 17 heavy (non-hydrogen) atoms. The summed E-state index contributed by atoms with van der Waals surface area (Å²) in [7, 11) is 1.88. The number of likely N-dealkylation sites (N-methyl/N-ethyl adjacent to an activating group) is 1. The van der Waals surface area contributed by atoms with Gasteiger partial charge in [-0.2, -0.15) is 0 Å². The zero-order chi connectivity index (χ0) is 11.5. The van der Waals surface area contributed by atoms with Gasteiger partial charge in [0.25, 0.3) is 5.91 Å². The number of benzene rings is 1. The van der Waals surface area contributed by atoms with Gasteiger partial charge in [-0.3, -0.25) is 4.79 Å². The fraction of sp³-hybridized carbons (Fsp3) is 0.417. The Bertz CT molecular complexity index is 400. The van der Waals surface area contributed by atoms with Crippen molar-refractivity contribution in [2.75, 3.05) is 20.1 Å². The first-order valence-corrected chi connectivity index (χ1v) is 5.43. The molecule has 0 bridgehead atoms. The van der Waals surface area contributed by atoms with Crippen molar-refractivity contribution in [1.82, 2.24) is 10.2 Å². The smallest absolute Gasteiger partial charge is 0.256 e. The molecule has 1 aliphatic heterocycles. The average Bonchev–Trinajstić information content (AvgIpc) is 2.77. The summed E-state index contributed by atoms with van der Waals surface area (Å²) in [5.74, 6) is -0.656. The molecular weight excluding hydrogens is 243 g/mol. The molecule has 0 radical (unpaired) electrons. The van der Waals surface area contributed by atoms with E-state index in [0.717, 1.165) is 6.42 Å². The summed E-state index contributed by atoms with van der Waals surface area (Å²) in [5.41, 5.74) is 0.166. The second-order valence-corrected chi connectivity index (χ2v) is 4.01. The summed E-state index contributed by atoms with van der Waals surface area (Å²) in [6.07, 6.45) is 0.927. The third-order valence-corrected chi connectivity index (χ3v) is 2.99. The molecule has 3 nitrogen and oxygen atoms in total. The predicted molar refractivity (Wildman–Crippen MR) is 67.0 cm³/mol. The van der Waals surface area contributed by atoms with Gasteiger partial charge in [0, 0.05) is 19.1 Å². The minimum Gasteiger partial charge on any atom is -0.337 e. The van der Waals surface area contributed by atoms with Gasteiger partial charge >= 0.3 is 0 Å². The summed E-state index contributed by atoms with van der Waals surface area (Å²) in [5, 5.41) is 3.13. The summed E-state index contributed by atoms with van der Waals surface area (Å²) >= 11 is 0. The lowest BCUT2D eigenvalue weighted by Gasteiger charge is -2.16. The number of likely N-dealkylation sites (tertiary alicyclic amines) is 1. The number of hydrogen-bond acceptors (Lipinski definition) is 2. The second-order valence-electron chi connectivity index (χ2n) is 4.01. The predicted octanol–water partition coefficient (Wildman–Crippen LogP) is 1.68. The van der Waals surface area contributed by atoms with Crippen molar-refractivity contribution >= 4 is 18.3 Å². The fourth-order valence-electron chi connectivity index (χ4n) is 1.99.